The Kier molecular flexibility index (Phi) is 4.32. The molecule has 1 rings (SSSR count). The summed E-state index contributed by atoms with van der Waals surface area (Å²) in [5.74, 6) is 0.426. The third-order valence-corrected chi connectivity index (χ3v) is 2.42. The van der Waals surface area contributed by atoms with Crippen molar-refractivity contribution in [1.82, 2.24) is 0 Å². The van der Waals surface area contributed by atoms with Gasteiger partial charge in [-0.05, 0) is 30.5 Å². The lowest BCUT2D eigenvalue weighted by atomic mass is 10.3. The standard InChI is InChI=1S/C10H13NO2S/c1-14-9-4-2-8(3-5-9)13-7-6-10(11)12/h2-5H,6-7H2,1H3,(H2,11,12). The fraction of sp³-hybridized carbons (Fsp3) is 0.300. The van der Waals surface area contributed by atoms with Crippen molar-refractivity contribution in [3.8, 4) is 5.75 Å². The van der Waals surface area contributed by atoms with E-state index in [1.165, 1.54) is 4.90 Å². The van der Waals surface area contributed by atoms with Gasteiger partial charge in [-0.15, -0.1) is 11.8 Å². The van der Waals surface area contributed by atoms with Crippen molar-refractivity contribution in [3.05, 3.63) is 24.3 Å². The lowest BCUT2D eigenvalue weighted by molar-refractivity contribution is -0.118. The predicted octanol–water partition coefficient (Wildman–Crippen LogP) is 1.66. The molecule has 0 aliphatic carbocycles. The SMILES string of the molecule is CSc1ccc(OCCC(N)=O)cc1. The molecule has 1 aromatic rings. The van der Waals surface area contributed by atoms with Crippen LogP contribution in [-0.2, 0) is 4.79 Å². The normalized spacial score (nSPS) is 9.79. The van der Waals surface area contributed by atoms with Crippen molar-refractivity contribution in [2.24, 2.45) is 5.73 Å². The Labute approximate surface area is 87.6 Å². The summed E-state index contributed by atoms with van der Waals surface area (Å²) in [5.41, 5.74) is 4.98. The summed E-state index contributed by atoms with van der Waals surface area (Å²) in [4.78, 5) is 11.6. The Morgan fingerprint density at radius 2 is 2.07 bits per heavy atom. The van der Waals surface area contributed by atoms with E-state index in [0.29, 0.717) is 6.61 Å². The van der Waals surface area contributed by atoms with Crippen molar-refractivity contribution in [2.45, 2.75) is 11.3 Å². The summed E-state index contributed by atoms with van der Waals surface area (Å²) >= 11 is 1.68. The van der Waals surface area contributed by atoms with Gasteiger partial charge in [-0.1, -0.05) is 0 Å². The number of rotatable bonds is 5. The first-order valence-electron chi connectivity index (χ1n) is 4.27. The summed E-state index contributed by atoms with van der Waals surface area (Å²) in [5, 5.41) is 0. The first kappa shape index (κ1) is 10.9. The van der Waals surface area contributed by atoms with E-state index in [1.54, 1.807) is 11.8 Å². The van der Waals surface area contributed by atoms with Gasteiger partial charge in [-0.2, -0.15) is 0 Å². The molecule has 0 atom stereocenters. The maximum absolute atomic E-state index is 10.4. The van der Waals surface area contributed by atoms with Gasteiger partial charge in [0.25, 0.3) is 0 Å². The molecule has 14 heavy (non-hydrogen) atoms. The van der Waals surface area contributed by atoms with E-state index in [0.717, 1.165) is 5.75 Å². The topological polar surface area (TPSA) is 52.3 Å². The molecule has 2 N–H and O–H groups in total. The third kappa shape index (κ3) is 3.70. The van der Waals surface area contributed by atoms with Crippen molar-refractivity contribution in [2.75, 3.05) is 12.9 Å². The number of carbonyl (C=O) groups is 1. The van der Waals surface area contributed by atoms with E-state index in [4.69, 9.17) is 10.5 Å². The van der Waals surface area contributed by atoms with E-state index in [2.05, 4.69) is 0 Å². The van der Waals surface area contributed by atoms with Crippen LogP contribution in [0.2, 0.25) is 0 Å². The highest BCUT2D eigenvalue weighted by molar-refractivity contribution is 7.98. The molecule has 76 valence electrons. The van der Waals surface area contributed by atoms with Crippen LogP contribution in [0.1, 0.15) is 6.42 Å². The van der Waals surface area contributed by atoms with E-state index < -0.39 is 0 Å². The average molecular weight is 211 g/mol. The minimum absolute atomic E-state index is 0.254. The number of hydrogen-bond donors (Lipinski definition) is 1. The Morgan fingerprint density at radius 3 is 2.57 bits per heavy atom. The van der Waals surface area contributed by atoms with Crippen LogP contribution in [0.3, 0.4) is 0 Å². The molecule has 3 nitrogen and oxygen atoms in total. The molecule has 1 aromatic carbocycles. The second-order valence-corrected chi connectivity index (χ2v) is 3.62. The number of ether oxygens (including phenoxy) is 1. The molecular formula is C10H13NO2S. The average Bonchev–Trinajstić information content (AvgIpc) is 2.18. The van der Waals surface area contributed by atoms with Gasteiger partial charge < -0.3 is 10.5 Å². The summed E-state index contributed by atoms with van der Waals surface area (Å²) in [6.07, 6.45) is 2.27. The van der Waals surface area contributed by atoms with Crippen molar-refractivity contribution in [1.29, 1.82) is 0 Å². The molecule has 0 bridgehead atoms. The number of benzene rings is 1. The number of thioether (sulfide) groups is 1. The minimum atomic E-state index is -0.342. The van der Waals surface area contributed by atoms with Crippen LogP contribution < -0.4 is 10.5 Å². The van der Waals surface area contributed by atoms with Crippen molar-refractivity contribution < 1.29 is 9.53 Å². The third-order valence-electron chi connectivity index (χ3n) is 1.68. The van der Waals surface area contributed by atoms with E-state index in [-0.39, 0.29) is 12.3 Å². The quantitative estimate of drug-likeness (QED) is 0.754. The molecule has 0 fully saturated rings. The molecule has 0 spiro atoms. The van der Waals surface area contributed by atoms with Gasteiger partial charge in [-0.3, -0.25) is 4.79 Å². The fourth-order valence-electron chi connectivity index (χ4n) is 0.941. The zero-order valence-electron chi connectivity index (χ0n) is 8.03. The second kappa shape index (κ2) is 5.54. The number of carbonyl (C=O) groups excluding carboxylic acids is 1. The fourth-order valence-corrected chi connectivity index (χ4v) is 1.35. The van der Waals surface area contributed by atoms with Crippen LogP contribution >= 0.6 is 11.8 Å². The highest BCUT2D eigenvalue weighted by Gasteiger charge is 1.96. The number of hydrogen-bond acceptors (Lipinski definition) is 3. The van der Waals surface area contributed by atoms with Gasteiger partial charge >= 0.3 is 0 Å². The Morgan fingerprint density at radius 1 is 1.43 bits per heavy atom. The van der Waals surface area contributed by atoms with Crippen LogP contribution in [0.4, 0.5) is 0 Å². The molecular weight excluding hydrogens is 198 g/mol. The largest absolute Gasteiger partial charge is 0.493 e. The lowest BCUT2D eigenvalue weighted by Gasteiger charge is -2.04. The lowest BCUT2D eigenvalue weighted by Crippen LogP contribution is -2.14. The molecule has 0 aliphatic heterocycles. The Balaban J connectivity index is 2.40. The van der Waals surface area contributed by atoms with Gasteiger partial charge in [0.2, 0.25) is 5.91 Å². The summed E-state index contributed by atoms with van der Waals surface area (Å²) in [7, 11) is 0. The van der Waals surface area contributed by atoms with Crippen LogP contribution in [0.25, 0.3) is 0 Å². The van der Waals surface area contributed by atoms with Crippen molar-refractivity contribution in [3.63, 3.8) is 0 Å². The molecule has 0 aromatic heterocycles. The second-order valence-electron chi connectivity index (χ2n) is 2.74. The van der Waals surface area contributed by atoms with E-state index >= 15 is 0 Å². The summed E-state index contributed by atoms with van der Waals surface area (Å²) < 4.78 is 5.31. The van der Waals surface area contributed by atoms with Crippen LogP contribution in [0.15, 0.2) is 29.2 Å². The highest BCUT2D eigenvalue weighted by atomic mass is 32.2. The summed E-state index contributed by atoms with van der Waals surface area (Å²) in [6, 6.07) is 7.72. The van der Waals surface area contributed by atoms with E-state index in [1.807, 2.05) is 30.5 Å². The molecule has 1 amide bonds. The van der Waals surface area contributed by atoms with E-state index in [9.17, 15) is 4.79 Å². The first-order valence-corrected chi connectivity index (χ1v) is 5.50. The highest BCUT2D eigenvalue weighted by Crippen LogP contribution is 2.18. The van der Waals surface area contributed by atoms with Gasteiger partial charge in [0.15, 0.2) is 0 Å². The van der Waals surface area contributed by atoms with Crippen LogP contribution in [0.5, 0.6) is 5.75 Å². The molecule has 0 saturated heterocycles. The monoisotopic (exact) mass is 211 g/mol. The van der Waals surface area contributed by atoms with Gasteiger partial charge in [0.1, 0.15) is 5.75 Å². The van der Waals surface area contributed by atoms with Crippen LogP contribution in [-0.4, -0.2) is 18.8 Å². The Hall–Kier alpha value is -1.16. The predicted molar refractivity (Wildman–Crippen MR) is 57.5 cm³/mol. The summed E-state index contributed by atoms with van der Waals surface area (Å²) in [6.45, 7) is 0.341. The van der Waals surface area contributed by atoms with Crippen LogP contribution in [0, 0.1) is 0 Å². The Bertz CT molecular complexity index is 297. The maximum atomic E-state index is 10.4. The molecule has 0 unspecified atom stereocenters. The molecule has 4 heteroatoms. The molecule has 0 saturated carbocycles. The number of nitrogens with two attached hydrogens (primary N) is 1. The molecule has 0 aliphatic rings. The smallest absolute Gasteiger partial charge is 0.220 e. The zero-order valence-corrected chi connectivity index (χ0v) is 8.84. The number of amides is 1. The van der Waals surface area contributed by atoms with Crippen molar-refractivity contribution >= 4 is 17.7 Å². The number of primary amides is 1. The minimum Gasteiger partial charge on any atom is -0.493 e. The first-order chi connectivity index (χ1) is 6.72. The van der Waals surface area contributed by atoms with Gasteiger partial charge in [-0.25, -0.2) is 0 Å². The van der Waals surface area contributed by atoms with Gasteiger partial charge in [0, 0.05) is 4.90 Å². The maximum Gasteiger partial charge on any atom is 0.220 e. The van der Waals surface area contributed by atoms with Gasteiger partial charge in [0.05, 0.1) is 13.0 Å². The molecule has 0 heterocycles. The zero-order chi connectivity index (χ0) is 10.4. The molecule has 0 radical (unpaired) electrons.